The first-order valence-electron chi connectivity index (χ1n) is 9.91. The molecule has 0 radical (unpaired) electrons. The minimum Gasteiger partial charge on any atom is -0.484 e. The van der Waals surface area contributed by atoms with E-state index in [0.717, 1.165) is 43.0 Å². The van der Waals surface area contributed by atoms with Crippen LogP contribution in [0, 0.1) is 19.8 Å². The molecule has 0 aliphatic heterocycles. The van der Waals surface area contributed by atoms with Gasteiger partial charge in [0.05, 0.1) is 0 Å². The summed E-state index contributed by atoms with van der Waals surface area (Å²) in [4.78, 5) is 24.5. The number of nitrogens with one attached hydrogen (secondary N) is 2. The molecule has 1 aromatic heterocycles. The molecule has 1 fully saturated rings. The SMILES string of the molecule is Cc1ccc(C)n1NC(=O)c1ccc(OCC(=O)NC2CCC(C)CC2)cc1. The Bertz CT molecular complexity index is 799. The maximum Gasteiger partial charge on any atom is 0.270 e. The van der Waals surface area contributed by atoms with E-state index >= 15 is 0 Å². The van der Waals surface area contributed by atoms with Crippen molar-refractivity contribution in [3.63, 3.8) is 0 Å². The highest BCUT2D eigenvalue weighted by molar-refractivity contribution is 6.00. The van der Waals surface area contributed by atoms with Crippen LogP contribution in [0.25, 0.3) is 0 Å². The van der Waals surface area contributed by atoms with Crippen LogP contribution >= 0.6 is 0 Å². The van der Waals surface area contributed by atoms with Crippen LogP contribution in [0.3, 0.4) is 0 Å². The summed E-state index contributed by atoms with van der Waals surface area (Å²) in [6.45, 7) is 6.11. The normalized spacial score (nSPS) is 19.1. The Morgan fingerprint density at radius 2 is 1.61 bits per heavy atom. The van der Waals surface area contributed by atoms with Gasteiger partial charge in [0.2, 0.25) is 0 Å². The Kier molecular flexibility index (Phi) is 6.39. The Hall–Kier alpha value is -2.76. The topological polar surface area (TPSA) is 72.4 Å². The standard InChI is InChI=1S/C22H29N3O3/c1-15-4-10-19(11-5-15)23-21(26)14-28-20-12-8-18(9-13-20)22(27)24-25-16(2)6-7-17(25)3/h6-9,12-13,15,19H,4-5,10-11,14H2,1-3H3,(H,23,26)(H,24,27). The first-order chi connectivity index (χ1) is 13.4. The quantitative estimate of drug-likeness (QED) is 0.801. The molecule has 28 heavy (non-hydrogen) atoms. The molecule has 6 heteroatoms. The molecule has 1 saturated carbocycles. The van der Waals surface area contributed by atoms with Gasteiger partial charge in [0.15, 0.2) is 6.61 Å². The smallest absolute Gasteiger partial charge is 0.270 e. The maximum atomic E-state index is 12.4. The maximum absolute atomic E-state index is 12.4. The van der Waals surface area contributed by atoms with Gasteiger partial charge >= 0.3 is 0 Å². The molecule has 1 aliphatic carbocycles. The van der Waals surface area contributed by atoms with Crippen molar-refractivity contribution in [2.45, 2.75) is 52.5 Å². The van der Waals surface area contributed by atoms with Crippen molar-refractivity contribution in [2.24, 2.45) is 5.92 Å². The van der Waals surface area contributed by atoms with Gasteiger partial charge in [-0.1, -0.05) is 6.92 Å². The molecular weight excluding hydrogens is 354 g/mol. The fourth-order valence-electron chi connectivity index (χ4n) is 3.54. The largest absolute Gasteiger partial charge is 0.484 e. The molecule has 0 spiro atoms. The van der Waals surface area contributed by atoms with E-state index in [2.05, 4.69) is 17.7 Å². The molecule has 1 aromatic carbocycles. The zero-order valence-corrected chi connectivity index (χ0v) is 16.8. The molecule has 0 saturated heterocycles. The Balaban J connectivity index is 1.47. The molecule has 0 unspecified atom stereocenters. The van der Waals surface area contributed by atoms with E-state index in [4.69, 9.17) is 4.74 Å². The monoisotopic (exact) mass is 383 g/mol. The van der Waals surface area contributed by atoms with Gasteiger partial charge in [0.25, 0.3) is 11.8 Å². The zero-order valence-electron chi connectivity index (χ0n) is 16.8. The van der Waals surface area contributed by atoms with Crippen molar-refractivity contribution in [3.05, 3.63) is 53.3 Å². The Labute approximate surface area is 166 Å². The zero-order chi connectivity index (χ0) is 20.1. The highest BCUT2D eigenvalue weighted by Gasteiger charge is 2.19. The predicted octanol–water partition coefficient (Wildman–Crippen LogP) is 3.56. The fraction of sp³-hybridized carbons (Fsp3) is 0.455. The lowest BCUT2D eigenvalue weighted by molar-refractivity contribution is -0.124. The van der Waals surface area contributed by atoms with Crippen LogP contribution in [0.5, 0.6) is 5.75 Å². The number of hydrogen-bond donors (Lipinski definition) is 2. The van der Waals surface area contributed by atoms with Crippen molar-refractivity contribution in [1.82, 2.24) is 9.99 Å². The summed E-state index contributed by atoms with van der Waals surface area (Å²) >= 11 is 0. The summed E-state index contributed by atoms with van der Waals surface area (Å²) in [5.74, 6) is 1.03. The molecule has 3 rings (SSSR count). The molecule has 1 heterocycles. The van der Waals surface area contributed by atoms with E-state index in [-0.39, 0.29) is 24.5 Å². The molecule has 1 aliphatic rings. The van der Waals surface area contributed by atoms with Crippen molar-refractivity contribution in [2.75, 3.05) is 12.0 Å². The molecule has 2 amide bonds. The molecule has 0 bridgehead atoms. The first-order valence-corrected chi connectivity index (χ1v) is 9.91. The van der Waals surface area contributed by atoms with E-state index < -0.39 is 0 Å². The van der Waals surface area contributed by atoms with Crippen LogP contribution in [0.2, 0.25) is 0 Å². The molecule has 2 aromatic rings. The number of rotatable bonds is 6. The van der Waals surface area contributed by atoms with Crippen molar-refractivity contribution in [3.8, 4) is 5.75 Å². The minimum atomic E-state index is -0.196. The van der Waals surface area contributed by atoms with Gasteiger partial charge in [0.1, 0.15) is 5.75 Å². The predicted molar refractivity (Wildman–Crippen MR) is 109 cm³/mol. The Morgan fingerprint density at radius 3 is 2.21 bits per heavy atom. The van der Waals surface area contributed by atoms with E-state index in [1.165, 1.54) is 0 Å². The molecule has 6 nitrogen and oxygen atoms in total. The van der Waals surface area contributed by atoms with Gasteiger partial charge < -0.3 is 10.1 Å². The van der Waals surface area contributed by atoms with Crippen molar-refractivity contribution >= 4 is 11.8 Å². The summed E-state index contributed by atoms with van der Waals surface area (Å²) < 4.78 is 7.31. The lowest BCUT2D eigenvalue weighted by Gasteiger charge is -2.26. The minimum absolute atomic E-state index is 0.0145. The summed E-state index contributed by atoms with van der Waals surface area (Å²) in [6, 6.07) is 11.0. The van der Waals surface area contributed by atoms with E-state index in [1.54, 1.807) is 28.9 Å². The van der Waals surface area contributed by atoms with Crippen molar-refractivity contribution < 1.29 is 14.3 Å². The number of benzene rings is 1. The van der Waals surface area contributed by atoms with E-state index in [9.17, 15) is 9.59 Å². The van der Waals surface area contributed by atoms with Gasteiger partial charge in [-0.25, -0.2) is 0 Å². The fourth-order valence-corrected chi connectivity index (χ4v) is 3.54. The average Bonchev–Trinajstić information content (AvgIpc) is 3.00. The van der Waals surface area contributed by atoms with Gasteiger partial charge in [-0.05, 0) is 81.8 Å². The van der Waals surface area contributed by atoms with Crippen LogP contribution in [-0.4, -0.2) is 29.1 Å². The van der Waals surface area contributed by atoms with Crippen LogP contribution in [0.15, 0.2) is 36.4 Å². The lowest BCUT2D eigenvalue weighted by atomic mass is 9.87. The number of nitrogens with zero attached hydrogens (tertiary/aromatic N) is 1. The van der Waals surface area contributed by atoms with Gasteiger partial charge in [0, 0.05) is 23.0 Å². The van der Waals surface area contributed by atoms with Gasteiger partial charge in [-0.2, -0.15) is 0 Å². The third-order valence-corrected chi connectivity index (χ3v) is 5.35. The summed E-state index contributed by atoms with van der Waals surface area (Å²) in [6.07, 6.45) is 4.41. The average molecular weight is 383 g/mol. The number of carbonyl (C=O) groups excluding carboxylic acids is 2. The molecular formula is C22H29N3O3. The number of amides is 2. The summed E-state index contributed by atoms with van der Waals surface area (Å²) in [5, 5.41) is 3.04. The van der Waals surface area contributed by atoms with Crippen LogP contribution in [0.1, 0.15) is 54.4 Å². The molecule has 2 N–H and O–H groups in total. The second kappa shape index (κ2) is 8.95. The Morgan fingerprint density at radius 1 is 1.00 bits per heavy atom. The molecule has 150 valence electrons. The third kappa shape index (κ3) is 5.15. The third-order valence-electron chi connectivity index (χ3n) is 5.35. The van der Waals surface area contributed by atoms with Gasteiger partial charge in [-0.3, -0.25) is 19.7 Å². The number of hydrogen-bond acceptors (Lipinski definition) is 3. The second-order valence-corrected chi connectivity index (χ2v) is 7.73. The van der Waals surface area contributed by atoms with E-state index in [1.807, 2.05) is 26.0 Å². The van der Waals surface area contributed by atoms with Crippen LogP contribution in [-0.2, 0) is 4.79 Å². The number of carbonyl (C=O) groups is 2. The summed E-state index contributed by atoms with van der Waals surface area (Å²) in [7, 11) is 0. The lowest BCUT2D eigenvalue weighted by Crippen LogP contribution is -2.39. The highest BCUT2D eigenvalue weighted by atomic mass is 16.5. The number of ether oxygens (including phenoxy) is 1. The van der Waals surface area contributed by atoms with Crippen molar-refractivity contribution in [1.29, 1.82) is 0 Å². The summed E-state index contributed by atoms with van der Waals surface area (Å²) in [5.41, 5.74) is 5.32. The molecule has 0 atom stereocenters. The van der Waals surface area contributed by atoms with Gasteiger partial charge in [-0.15, -0.1) is 0 Å². The van der Waals surface area contributed by atoms with E-state index in [0.29, 0.717) is 11.3 Å². The number of aromatic nitrogens is 1. The van der Waals surface area contributed by atoms with Crippen LogP contribution < -0.4 is 15.5 Å². The highest BCUT2D eigenvalue weighted by Crippen LogP contribution is 2.23. The first kappa shape index (κ1) is 20.0. The number of aryl methyl sites for hydroxylation is 2. The van der Waals surface area contributed by atoms with Crippen LogP contribution in [0.4, 0.5) is 0 Å². The second-order valence-electron chi connectivity index (χ2n) is 7.73.